The van der Waals surface area contributed by atoms with Crippen molar-refractivity contribution in [1.29, 1.82) is 0 Å². The summed E-state index contributed by atoms with van der Waals surface area (Å²) in [6, 6.07) is 4.98. The molecule has 9 N–H and O–H groups in total. The number of nitrogens with one attached hydrogen (secondary N) is 1. The van der Waals surface area contributed by atoms with Gasteiger partial charge in [0, 0.05) is 52.4 Å². The summed E-state index contributed by atoms with van der Waals surface area (Å²) < 4.78 is 22.3. The third-order valence-electron chi connectivity index (χ3n) is 7.53. The molecule has 18 nitrogen and oxygen atoms in total. The second-order valence-corrected chi connectivity index (χ2v) is 11.8. The highest BCUT2D eigenvalue weighted by molar-refractivity contribution is 5.73. The van der Waals surface area contributed by atoms with Crippen LogP contribution in [0.15, 0.2) is 24.3 Å². The topological polar surface area (TPSA) is 260 Å². The predicted molar refractivity (Wildman–Crippen MR) is 187 cm³/mol. The highest BCUT2D eigenvalue weighted by Crippen LogP contribution is 2.13. The van der Waals surface area contributed by atoms with Gasteiger partial charge in [-0.2, -0.15) is 0 Å². The van der Waals surface area contributed by atoms with E-state index in [-0.39, 0.29) is 32.7 Å². The second-order valence-electron chi connectivity index (χ2n) is 11.8. The molecular weight excluding hydrogens is 672 g/mol. The first-order chi connectivity index (χ1) is 24.4. The molecule has 0 aliphatic heterocycles. The molecule has 0 amide bonds. The minimum absolute atomic E-state index is 0.0919. The fourth-order valence-electron chi connectivity index (χ4n) is 4.72. The van der Waals surface area contributed by atoms with Gasteiger partial charge in [-0.3, -0.25) is 33.9 Å². The van der Waals surface area contributed by atoms with Crippen molar-refractivity contribution in [2.45, 2.75) is 31.8 Å². The van der Waals surface area contributed by atoms with Gasteiger partial charge in [-0.05, 0) is 37.1 Å². The van der Waals surface area contributed by atoms with E-state index in [9.17, 15) is 24.3 Å². The van der Waals surface area contributed by atoms with E-state index in [2.05, 4.69) is 22.0 Å². The zero-order valence-corrected chi connectivity index (χ0v) is 29.7. The Morgan fingerprint density at radius 2 is 1.22 bits per heavy atom. The molecule has 2 atom stereocenters. The molecule has 51 heavy (non-hydrogen) atoms. The van der Waals surface area contributed by atoms with E-state index in [1.807, 2.05) is 4.90 Å². The first-order valence-electron chi connectivity index (χ1n) is 17.1. The zero-order chi connectivity index (χ0) is 37.9. The molecule has 0 fully saturated rings. The number of ether oxygens (including phenoxy) is 4. The summed E-state index contributed by atoms with van der Waals surface area (Å²) in [6.45, 7) is 8.79. The van der Waals surface area contributed by atoms with Gasteiger partial charge in [-0.15, -0.1) is 0 Å². The molecule has 18 heteroatoms. The number of hydrogen-bond acceptors (Lipinski definition) is 14. The van der Waals surface area contributed by atoms with Gasteiger partial charge in [0.25, 0.3) is 0 Å². The van der Waals surface area contributed by atoms with Crippen LogP contribution in [0.25, 0.3) is 0 Å². The van der Waals surface area contributed by atoms with Crippen LogP contribution in [-0.2, 0) is 39.8 Å². The smallest absolute Gasteiger partial charge is 0.322 e. The quantitative estimate of drug-likeness (QED) is 0.0400. The lowest BCUT2D eigenvalue weighted by Crippen LogP contribution is -2.44. The van der Waals surface area contributed by atoms with Crippen molar-refractivity contribution in [2.24, 2.45) is 11.5 Å². The Labute approximate surface area is 299 Å². The van der Waals surface area contributed by atoms with Gasteiger partial charge in [0.15, 0.2) is 0 Å². The Morgan fingerprint density at radius 1 is 0.667 bits per heavy atom. The lowest BCUT2D eigenvalue weighted by atomic mass is 10.1. The van der Waals surface area contributed by atoms with E-state index in [1.165, 1.54) is 0 Å². The number of nitrogens with zero attached hydrogens (tertiary/aromatic N) is 3. The average molecular weight is 731 g/mol. The zero-order valence-electron chi connectivity index (χ0n) is 29.7. The maximum atomic E-state index is 11.7. The number of hydrogen-bond donors (Lipinski definition) is 7. The van der Waals surface area contributed by atoms with Crippen LogP contribution in [0.3, 0.4) is 0 Å². The average Bonchev–Trinajstić information content (AvgIpc) is 3.08. The maximum Gasteiger partial charge on any atom is 0.322 e. The normalized spacial score (nSPS) is 12.7. The lowest BCUT2D eigenvalue weighted by Gasteiger charge is -2.29. The molecule has 1 aromatic carbocycles. The monoisotopic (exact) mass is 730 g/mol. The van der Waals surface area contributed by atoms with Crippen molar-refractivity contribution >= 4 is 23.9 Å². The number of rotatable bonds is 34. The van der Waals surface area contributed by atoms with E-state index in [0.29, 0.717) is 91.1 Å². The number of nitrogens with two attached hydrogens (primary N) is 2. The highest BCUT2D eigenvalue weighted by Gasteiger charge is 2.16. The van der Waals surface area contributed by atoms with E-state index in [4.69, 9.17) is 45.7 Å². The number of carbonyl (C=O) groups is 4. The van der Waals surface area contributed by atoms with Crippen molar-refractivity contribution in [3.05, 3.63) is 29.8 Å². The standard InChI is InChI=1S/C33H58N6O12/c1-2-8-37(14-16-48-18-19-50-25-29(35)33(46)47)10-12-39(24-31(42)43)13-11-38(9-7-36-23-30(40)41)15-17-49-20-21-51-27-5-3-26(4-6-27)22-28(34)32(44)45/h3-6,28-29,36H,2,7-25,34-35H2,1H3,(H,40,41)(H,42,43)(H,44,45)(H,46,47)/t28-,29-/m0/s1. The van der Waals surface area contributed by atoms with Crippen LogP contribution in [0.2, 0.25) is 0 Å². The summed E-state index contributed by atoms with van der Waals surface area (Å²) in [5.74, 6) is -3.45. The van der Waals surface area contributed by atoms with Gasteiger partial charge in [0.1, 0.15) is 24.4 Å². The Kier molecular flexibility index (Phi) is 25.2. The molecule has 0 bridgehead atoms. The van der Waals surface area contributed by atoms with Crippen LogP contribution >= 0.6 is 0 Å². The van der Waals surface area contributed by atoms with E-state index in [0.717, 1.165) is 18.5 Å². The summed E-state index contributed by atoms with van der Waals surface area (Å²) in [5.41, 5.74) is 11.8. The van der Waals surface area contributed by atoms with Gasteiger partial charge in [-0.1, -0.05) is 19.1 Å². The molecule has 0 aliphatic rings. The van der Waals surface area contributed by atoms with Crippen LogP contribution in [-0.4, -0.2) is 189 Å². The second kappa shape index (κ2) is 28.2. The summed E-state index contributed by atoms with van der Waals surface area (Å²) in [7, 11) is 0. The summed E-state index contributed by atoms with van der Waals surface area (Å²) in [5, 5.41) is 39.2. The molecule has 0 aliphatic carbocycles. The van der Waals surface area contributed by atoms with Crippen molar-refractivity contribution in [3.8, 4) is 5.75 Å². The Morgan fingerprint density at radius 3 is 1.76 bits per heavy atom. The molecule has 292 valence electrons. The Bertz CT molecular complexity index is 1120. The van der Waals surface area contributed by atoms with Crippen LogP contribution < -0.4 is 21.5 Å². The lowest BCUT2D eigenvalue weighted by molar-refractivity contribution is -0.140. The molecule has 0 unspecified atom stereocenters. The van der Waals surface area contributed by atoms with Crippen LogP contribution in [0, 0.1) is 0 Å². The fraction of sp³-hybridized carbons (Fsp3) is 0.697. The van der Waals surface area contributed by atoms with Crippen molar-refractivity contribution in [3.63, 3.8) is 0 Å². The molecule has 0 saturated heterocycles. The van der Waals surface area contributed by atoms with Gasteiger partial charge in [0.2, 0.25) is 0 Å². The van der Waals surface area contributed by atoms with Crippen molar-refractivity contribution < 1.29 is 58.6 Å². The molecule has 0 spiro atoms. The minimum Gasteiger partial charge on any atom is -0.491 e. The Balaban J connectivity index is 2.53. The Hall–Kier alpha value is -3.46. The highest BCUT2D eigenvalue weighted by atomic mass is 16.5. The van der Waals surface area contributed by atoms with Gasteiger partial charge in [-0.25, -0.2) is 0 Å². The van der Waals surface area contributed by atoms with Gasteiger partial charge >= 0.3 is 23.9 Å². The van der Waals surface area contributed by atoms with Gasteiger partial charge in [0.05, 0.1) is 52.7 Å². The number of carboxylic acids is 4. The molecule has 1 aromatic rings. The maximum absolute atomic E-state index is 11.7. The molecular formula is C33H58N6O12. The first-order valence-corrected chi connectivity index (χ1v) is 17.1. The summed E-state index contributed by atoms with van der Waals surface area (Å²) >= 11 is 0. The first kappa shape index (κ1) is 45.6. The number of carboxylic acid groups (broad SMARTS) is 4. The number of aliphatic carboxylic acids is 4. The van der Waals surface area contributed by atoms with Crippen molar-refractivity contribution in [2.75, 3.05) is 118 Å². The van der Waals surface area contributed by atoms with Crippen LogP contribution in [0.4, 0.5) is 0 Å². The summed E-state index contributed by atoms with van der Waals surface area (Å²) in [4.78, 5) is 50.5. The fourth-order valence-corrected chi connectivity index (χ4v) is 4.72. The number of benzene rings is 1. The van der Waals surface area contributed by atoms with Crippen LogP contribution in [0.1, 0.15) is 18.9 Å². The largest absolute Gasteiger partial charge is 0.491 e. The predicted octanol–water partition coefficient (Wildman–Crippen LogP) is -1.44. The molecule has 0 radical (unpaired) electrons. The molecule has 0 heterocycles. The SMILES string of the molecule is CCCN(CCOCCOC[C@H](N)C(=O)O)CCN(CCN(CCNCC(=O)O)CCOCCOc1ccc(C[C@H](N)C(=O)O)cc1)CC(=O)O. The van der Waals surface area contributed by atoms with Gasteiger partial charge < -0.3 is 56.2 Å². The molecule has 1 rings (SSSR count). The summed E-state index contributed by atoms with van der Waals surface area (Å²) in [6.07, 6.45) is 1.13. The minimum atomic E-state index is -1.13. The third kappa shape index (κ3) is 24.4. The van der Waals surface area contributed by atoms with Crippen molar-refractivity contribution in [1.82, 2.24) is 20.0 Å². The molecule has 0 saturated carbocycles. The van der Waals surface area contributed by atoms with E-state index in [1.54, 1.807) is 24.3 Å². The van der Waals surface area contributed by atoms with E-state index >= 15 is 0 Å². The third-order valence-corrected chi connectivity index (χ3v) is 7.53. The molecule has 0 aromatic heterocycles. The van der Waals surface area contributed by atoms with Crippen LogP contribution in [0.5, 0.6) is 5.75 Å². The van der Waals surface area contributed by atoms with E-state index < -0.39 is 36.0 Å².